The van der Waals surface area contributed by atoms with Crippen LogP contribution in [0.5, 0.6) is 5.75 Å². The molecule has 24 heavy (non-hydrogen) atoms. The largest absolute Gasteiger partial charge is 0.507 e. The van der Waals surface area contributed by atoms with Crippen molar-refractivity contribution in [2.45, 2.75) is 11.3 Å². The summed E-state index contributed by atoms with van der Waals surface area (Å²) < 4.78 is 13.7. The molecule has 1 N–H and O–H groups in total. The molecule has 0 saturated heterocycles. The number of carbonyl (C=O) groups excluding carboxylic acids is 1. The molecule has 3 rings (SSSR count). The number of ketones is 1. The molecular weight excluding hydrogens is 345 g/mol. The number of phenols is 1. The number of Topliss-reactive ketones (excluding diaryl/α,β-unsaturated/α-hetero) is 1. The smallest absolute Gasteiger partial charge is 0.176 e. The van der Waals surface area contributed by atoms with E-state index >= 15 is 0 Å². The molecule has 0 aliphatic heterocycles. The fourth-order valence-corrected chi connectivity index (χ4v) is 3.87. The van der Waals surface area contributed by atoms with Gasteiger partial charge in [-0.2, -0.15) is 0 Å². The Morgan fingerprint density at radius 1 is 1.25 bits per heavy atom. The van der Waals surface area contributed by atoms with Crippen molar-refractivity contribution in [3.05, 3.63) is 64.8 Å². The minimum absolute atomic E-state index is 0.00246. The lowest BCUT2D eigenvalue weighted by molar-refractivity contribution is 0.102. The molecule has 0 atom stereocenters. The second-order valence-corrected chi connectivity index (χ2v) is 7.32. The van der Waals surface area contributed by atoms with Crippen LogP contribution in [0.3, 0.4) is 0 Å². The highest BCUT2D eigenvalue weighted by atomic mass is 32.2. The summed E-state index contributed by atoms with van der Waals surface area (Å²) in [6, 6.07) is 11.1. The summed E-state index contributed by atoms with van der Waals surface area (Å²) in [6.07, 6.45) is 0. The lowest BCUT2D eigenvalue weighted by Gasteiger charge is -2.04. The molecule has 3 aromatic rings. The van der Waals surface area contributed by atoms with Crippen LogP contribution in [0.2, 0.25) is 0 Å². The number of carbonyl (C=O) groups is 1. The van der Waals surface area contributed by atoms with E-state index in [9.17, 15) is 14.3 Å². The standard InChI is InChI=1S/C18H14FNO2S2/c1-11-2-7-16(21)14(8-11)17(22)10-24-18-20-15(9-23-18)12-3-5-13(19)6-4-12/h2-9,21H,10H2,1H3. The van der Waals surface area contributed by atoms with Crippen LogP contribution in [-0.2, 0) is 0 Å². The van der Waals surface area contributed by atoms with Crippen LogP contribution in [0.1, 0.15) is 15.9 Å². The Kier molecular flexibility index (Phi) is 4.97. The van der Waals surface area contributed by atoms with Gasteiger partial charge in [0.05, 0.1) is 17.0 Å². The van der Waals surface area contributed by atoms with Gasteiger partial charge in [0, 0.05) is 10.9 Å². The van der Waals surface area contributed by atoms with Crippen molar-refractivity contribution >= 4 is 28.9 Å². The van der Waals surface area contributed by atoms with Gasteiger partial charge >= 0.3 is 0 Å². The molecule has 0 unspecified atom stereocenters. The van der Waals surface area contributed by atoms with Crippen molar-refractivity contribution in [3.8, 4) is 17.0 Å². The quantitative estimate of drug-likeness (QED) is 0.518. The molecule has 0 aliphatic carbocycles. The average Bonchev–Trinajstić information content (AvgIpc) is 3.04. The maximum absolute atomic E-state index is 13.0. The normalized spacial score (nSPS) is 10.8. The Labute approximate surface area is 147 Å². The van der Waals surface area contributed by atoms with E-state index in [-0.39, 0.29) is 23.1 Å². The molecule has 0 amide bonds. The zero-order valence-corrected chi connectivity index (χ0v) is 14.5. The molecule has 0 spiro atoms. The van der Waals surface area contributed by atoms with Crippen LogP contribution >= 0.6 is 23.1 Å². The molecule has 0 aliphatic rings. The Balaban J connectivity index is 1.68. The molecule has 0 radical (unpaired) electrons. The first-order valence-electron chi connectivity index (χ1n) is 7.20. The summed E-state index contributed by atoms with van der Waals surface area (Å²) >= 11 is 2.77. The van der Waals surface area contributed by atoms with Crippen LogP contribution in [0.15, 0.2) is 52.2 Å². The van der Waals surface area contributed by atoms with Gasteiger partial charge in [0.15, 0.2) is 10.1 Å². The number of benzene rings is 2. The fraction of sp³-hybridized carbons (Fsp3) is 0.111. The number of hydrogen-bond donors (Lipinski definition) is 1. The summed E-state index contributed by atoms with van der Waals surface area (Å²) in [4.78, 5) is 16.7. The maximum Gasteiger partial charge on any atom is 0.176 e. The lowest BCUT2D eigenvalue weighted by Crippen LogP contribution is -2.03. The number of phenolic OH excluding ortho intramolecular Hbond substituents is 1. The van der Waals surface area contributed by atoms with Gasteiger partial charge in [-0.15, -0.1) is 11.3 Å². The zero-order valence-electron chi connectivity index (χ0n) is 12.8. The van der Waals surface area contributed by atoms with Gasteiger partial charge in [-0.3, -0.25) is 4.79 Å². The van der Waals surface area contributed by atoms with Crippen molar-refractivity contribution in [3.63, 3.8) is 0 Å². The minimum atomic E-state index is -0.285. The number of aromatic hydroxyl groups is 1. The van der Waals surface area contributed by atoms with Crippen molar-refractivity contribution in [1.82, 2.24) is 4.98 Å². The molecule has 0 saturated carbocycles. The lowest BCUT2D eigenvalue weighted by atomic mass is 10.1. The first-order valence-corrected chi connectivity index (χ1v) is 9.06. The third-order valence-electron chi connectivity index (χ3n) is 3.40. The monoisotopic (exact) mass is 359 g/mol. The van der Waals surface area contributed by atoms with Crippen LogP contribution in [-0.4, -0.2) is 21.6 Å². The van der Waals surface area contributed by atoms with Gasteiger partial charge in [0.2, 0.25) is 0 Å². The van der Waals surface area contributed by atoms with Gasteiger partial charge in [-0.1, -0.05) is 23.4 Å². The molecule has 0 fully saturated rings. The first-order chi connectivity index (χ1) is 11.5. The van der Waals surface area contributed by atoms with E-state index in [0.29, 0.717) is 5.56 Å². The van der Waals surface area contributed by atoms with E-state index < -0.39 is 0 Å². The number of thiazole rings is 1. The van der Waals surface area contributed by atoms with E-state index in [1.165, 1.54) is 41.3 Å². The number of rotatable bonds is 5. The molecule has 1 heterocycles. The van der Waals surface area contributed by atoms with Crippen molar-refractivity contribution in [1.29, 1.82) is 0 Å². The number of aryl methyl sites for hydroxylation is 1. The average molecular weight is 359 g/mol. The summed E-state index contributed by atoms with van der Waals surface area (Å²) in [5.41, 5.74) is 2.85. The van der Waals surface area contributed by atoms with Gasteiger partial charge in [0.25, 0.3) is 0 Å². The maximum atomic E-state index is 13.0. The summed E-state index contributed by atoms with van der Waals surface area (Å²) in [5.74, 6) is -0.225. The first kappa shape index (κ1) is 16.7. The topological polar surface area (TPSA) is 50.2 Å². The molecule has 3 nitrogen and oxygen atoms in total. The van der Waals surface area contributed by atoms with E-state index in [1.54, 1.807) is 24.3 Å². The summed E-state index contributed by atoms with van der Waals surface area (Å²) in [7, 11) is 0. The van der Waals surface area contributed by atoms with Crippen LogP contribution in [0.25, 0.3) is 11.3 Å². The highest BCUT2D eigenvalue weighted by Crippen LogP contribution is 2.29. The van der Waals surface area contributed by atoms with Crippen LogP contribution in [0, 0.1) is 12.7 Å². The molecule has 0 bridgehead atoms. The molecule has 6 heteroatoms. The Morgan fingerprint density at radius 3 is 2.75 bits per heavy atom. The van der Waals surface area contributed by atoms with Crippen molar-refractivity contribution in [2.75, 3.05) is 5.75 Å². The van der Waals surface area contributed by atoms with Crippen LogP contribution < -0.4 is 0 Å². The Bertz CT molecular complexity index is 875. The van der Waals surface area contributed by atoms with Gasteiger partial charge in [0.1, 0.15) is 11.6 Å². The number of aromatic nitrogens is 1. The Morgan fingerprint density at radius 2 is 2.00 bits per heavy atom. The van der Waals surface area contributed by atoms with E-state index in [1.807, 2.05) is 12.3 Å². The second kappa shape index (κ2) is 7.15. The fourth-order valence-electron chi connectivity index (χ4n) is 2.16. The highest BCUT2D eigenvalue weighted by Gasteiger charge is 2.13. The van der Waals surface area contributed by atoms with E-state index in [2.05, 4.69) is 4.98 Å². The van der Waals surface area contributed by atoms with Crippen molar-refractivity contribution < 1.29 is 14.3 Å². The third kappa shape index (κ3) is 3.83. The molecule has 2 aromatic carbocycles. The minimum Gasteiger partial charge on any atom is -0.507 e. The summed E-state index contributed by atoms with van der Waals surface area (Å²) in [6.45, 7) is 1.87. The third-order valence-corrected chi connectivity index (χ3v) is 5.42. The molecule has 122 valence electrons. The van der Waals surface area contributed by atoms with E-state index in [0.717, 1.165) is 21.2 Å². The molecular formula is C18H14FNO2S2. The number of nitrogens with zero attached hydrogens (tertiary/aromatic N) is 1. The van der Waals surface area contributed by atoms with Gasteiger partial charge in [-0.25, -0.2) is 9.37 Å². The van der Waals surface area contributed by atoms with Gasteiger partial charge < -0.3 is 5.11 Å². The van der Waals surface area contributed by atoms with E-state index in [4.69, 9.17) is 0 Å². The molecule has 1 aromatic heterocycles. The van der Waals surface area contributed by atoms with Crippen LogP contribution in [0.4, 0.5) is 4.39 Å². The SMILES string of the molecule is Cc1ccc(O)c(C(=O)CSc2nc(-c3ccc(F)cc3)cs2)c1. The predicted octanol–water partition coefficient (Wildman–Crippen LogP) is 4.94. The number of halogens is 1. The zero-order chi connectivity index (χ0) is 17.1. The number of thioether (sulfide) groups is 1. The van der Waals surface area contributed by atoms with Crippen molar-refractivity contribution in [2.24, 2.45) is 0 Å². The summed E-state index contributed by atoms with van der Waals surface area (Å²) in [5, 5.41) is 11.7. The second-order valence-electron chi connectivity index (χ2n) is 5.24. The Hall–Kier alpha value is -2.18. The predicted molar refractivity (Wildman–Crippen MR) is 95.4 cm³/mol. The number of hydrogen-bond acceptors (Lipinski definition) is 5. The van der Waals surface area contributed by atoms with Gasteiger partial charge in [-0.05, 0) is 43.3 Å². The highest BCUT2D eigenvalue weighted by molar-refractivity contribution is 8.01.